The van der Waals surface area contributed by atoms with E-state index in [4.69, 9.17) is 0 Å². The van der Waals surface area contributed by atoms with Crippen LogP contribution in [0.2, 0.25) is 0 Å². The maximum Gasteiger partial charge on any atom is 0.276 e. The van der Waals surface area contributed by atoms with Crippen molar-refractivity contribution >= 4 is 21.8 Å². The first-order chi connectivity index (χ1) is 10.5. The zero-order chi connectivity index (χ0) is 15.7. The van der Waals surface area contributed by atoms with Crippen LogP contribution in [0.3, 0.4) is 0 Å². The van der Waals surface area contributed by atoms with Gasteiger partial charge in [0.2, 0.25) is 0 Å². The van der Waals surface area contributed by atoms with Crippen molar-refractivity contribution in [3.05, 3.63) is 40.1 Å². The quantitative estimate of drug-likeness (QED) is 0.815. The Morgan fingerprint density at radius 1 is 1.09 bits per heavy atom. The molecule has 1 aliphatic rings. The Morgan fingerprint density at radius 3 is 2.36 bits per heavy atom. The summed E-state index contributed by atoms with van der Waals surface area (Å²) in [5.41, 5.74) is 1.93. The summed E-state index contributed by atoms with van der Waals surface area (Å²) in [6.45, 7) is 5.09. The number of piperazine rings is 1. The lowest BCUT2D eigenvalue weighted by Gasteiger charge is -2.31. The van der Waals surface area contributed by atoms with Crippen molar-refractivity contribution in [1.82, 2.24) is 24.8 Å². The second-order valence-electron chi connectivity index (χ2n) is 5.50. The largest absolute Gasteiger partial charge is 0.335 e. The minimum atomic E-state index is -0.0334. The molecule has 0 unspecified atom stereocenters. The smallest absolute Gasteiger partial charge is 0.276 e. The molecule has 0 radical (unpaired) electrons. The molecule has 7 heteroatoms. The molecule has 0 spiro atoms. The number of carbonyl (C=O) groups is 1. The van der Waals surface area contributed by atoms with Gasteiger partial charge in [-0.1, -0.05) is 15.9 Å². The third-order valence-corrected chi connectivity index (χ3v) is 4.36. The average molecular weight is 364 g/mol. The molecule has 116 valence electrons. The monoisotopic (exact) mass is 363 g/mol. The molecule has 0 atom stereocenters. The van der Waals surface area contributed by atoms with Crippen molar-refractivity contribution in [3.8, 4) is 5.69 Å². The zero-order valence-corrected chi connectivity index (χ0v) is 14.2. The van der Waals surface area contributed by atoms with E-state index < -0.39 is 0 Å². The van der Waals surface area contributed by atoms with Gasteiger partial charge >= 0.3 is 0 Å². The van der Waals surface area contributed by atoms with E-state index in [0.717, 1.165) is 36.3 Å². The van der Waals surface area contributed by atoms with Crippen LogP contribution in [-0.4, -0.2) is 63.9 Å². The molecule has 22 heavy (non-hydrogen) atoms. The Morgan fingerprint density at radius 2 is 1.73 bits per heavy atom. The number of carbonyl (C=O) groups excluding carboxylic acids is 1. The minimum Gasteiger partial charge on any atom is -0.335 e. The van der Waals surface area contributed by atoms with Gasteiger partial charge in [-0.05, 0) is 38.2 Å². The molecule has 3 rings (SSSR count). The number of likely N-dealkylation sites (N-methyl/N-ethyl adjacent to an activating group) is 1. The van der Waals surface area contributed by atoms with Crippen LogP contribution in [-0.2, 0) is 0 Å². The van der Waals surface area contributed by atoms with Crippen molar-refractivity contribution in [3.63, 3.8) is 0 Å². The normalized spacial score (nSPS) is 16.0. The van der Waals surface area contributed by atoms with Crippen LogP contribution < -0.4 is 0 Å². The fourth-order valence-electron chi connectivity index (χ4n) is 2.43. The standard InChI is InChI=1S/C15H18BrN5O/c1-11-14(15(22)20-9-7-19(2)8-10-20)18-21(17-11)13-5-3-12(16)4-6-13/h3-6H,7-10H2,1-2H3. The molecule has 2 aromatic rings. The number of amides is 1. The molecular weight excluding hydrogens is 346 g/mol. The lowest BCUT2D eigenvalue weighted by molar-refractivity contribution is 0.0657. The predicted molar refractivity (Wildman–Crippen MR) is 87.2 cm³/mol. The minimum absolute atomic E-state index is 0.0334. The third-order valence-electron chi connectivity index (χ3n) is 3.83. The lowest BCUT2D eigenvalue weighted by Crippen LogP contribution is -2.47. The van der Waals surface area contributed by atoms with Gasteiger partial charge in [0.25, 0.3) is 5.91 Å². The molecule has 0 bridgehead atoms. The molecular formula is C15H18BrN5O. The summed E-state index contributed by atoms with van der Waals surface area (Å²) in [4.78, 5) is 18.2. The number of nitrogens with zero attached hydrogens (tertiary/aromatic N) is 5. The predicted octanol–water partition coefficient (Wildman–Crippen LogP) is 1.73. The Labute approximate surface area is 137 Å². The molecule has 2 heterocycles. The number of hydrogen-bond donors (Lipinski definition) is 0. The van der Waals surface area contributed by atoms with E-state index in [9.17, 15) is 4.79 Å². The van der Waals surface area contributed by atoms with Crippen molar-refractivity contribution in [2.45, 2.75) is 6.92 Å². The van der Waals surface area contributed by atoms with Gasteiger partial charge in [0, 0.05) is 30.7 Å². The van der Waals surface area contributed by atoms with Gasteiger partial charge in [0.05, 0.1) is 11.4 Å². The molecule has 0 saturated carbocycles. The molecule has 6 nitrogen and oxygen atoms in total. The van der Waals surface area contributed by atoms with Crippen LogP contribution >= 0.6 is 15.9 Å². The highest BCUT2D eigenvalue weighted by Gasteiger charge is 2.25. The summed E-state index contributed by atoms with van der Waals surface area (Å²) in [6, 6.07) is 7.67. The van der Waals surface area contributed by atoms with E-state index in [0.29, 0.717) is 11.4 Å². The van der Waals surface area contributed by atoms with Crippen LogP contribution in [0.15, 0.2) is 28.7 Å². The number of rotatable bonds is 2. The molecule has 1 saturated heterocycles. The molecule has 1 aromatic heterocycles. The third kappa shape index (κ3) is 3.05. The van der Waals surface area contributed by atoms with Gasteiger partial charge in [-0.2, -0.15) is 9.90 Å². The highest BCUT2D eigenvalue weighted by molar-refractivity contribution is 9.10. The van der Waals surface area contributed by atoms with E-state index in [2.05, 4.69) is 38.1 Å². The van der Waals surface area contributed by atoms with Gasteiger partial charge in [-0.3, -0.25) is 4.79 Å². The zero-order valence-electron chi connectivity index (χ0n) is 12.7. The second kappa shape index (κ2) is 6.18. The highest BCUT2D eigenvalue weighted by Crippen LogP contribution is 2.15. The Hall–Kier alpha value is -1.73. The molecule has 0 N–H and O–H groups in total. The van der Waals surface area contributed by atoms with Gasteiger partial charge in [-0.15, -0.1) is 5.10 Å². The maximum atomic E-state index is 12.6. The number of aryl methyl sites for hydroxylation is 1. The first kappa shape index (κ1) is 15.2. The lowest BCUT2D eigenvalue weighted by atomic mass is 10.2. The van der Waals surface area contributed by atoms with Crippen molar-refractivity contribution < 1.29 is 4.79 Å². The molecule has 1 amide bonds. The average Bonchev–Trinajstić information content (AvgIpc) is 2.90. The van der Waals surface area contributed by atoms with Crippen LogP contribution in [0.25, 0.3) is 5.69 Å². The van der Waals surface area contributed by atoms with Crippen molar-refractivity contribution in [2.24, 2.45) is 0 Å². The second-order valence-corrected chi connectivity index (χ2v) is 6.41. The van der Waals surface area contributed by atoms with Crippen molar-refractivity contribution in [2.75, 3.05) is 33.2 Å². The number of aromatic nitrogens is 3. The van der Waals surface area contributed by atoms with E-state index in [1.165, 1.54) is 4.80 Å². The van der Waals surface area contributed by atoms with Crippen LogP contribution in [0.4, 0.5) is 0 Å². The van der Waals surface area contributed by atoms with E-state index in [-0.39, 0.29) is 5.91 Å². The molecule has 1 aromatic carbocycles. The Bertz CT molecular complexity index is 674. The van der Waals surface area contributed by atoms with E-state index in [1.54, 1.807) is 0 Å². The van der Waals surface area contributed by atoms with E-state index >= 15 is 0 Å². The Balaban J connectivity index is 1.83. The van der Waals surface area contributed by atoms with Crippen molar-refractivity contribution in [1.29, 1.82) is 0 Å². The van der Waals surface area contributed by atoms with Crippen LogP contribution in [0, 0.1) is 6.92 Å². The fourth-order valence-corrected chi connectivity index (χ4v) is 2.69. The topological polar surface area (TPSA) is 54.3 Å². The number of benzene rings is 1. The number of hydrogen-bond acceptors (Lipinski definition) is 4. The van der Waals surface area contributed by atoms with Crippen LogP contribution in [0.5, 0.6) is 0 Å². The first-order valence-electron chi connectivity index (χ1n) is 7.22. The molecule has 1 aliphatic heterocycles. The summed E-state index contributed by atoms with van der Waals surface area (Å²) in [5, 5.41) is 8.76. The van der Waals surface area contributed by atoms with Gasteiger partial charge in [-0.25, -0.2) is 0 Å². The molecule has 0 aliphatic carbocycles. The van der Waals surface area contributed by atoms with E-state index in [1.807, 2.05) is 36.1 Å². The highest BCUT2D eigenvalue weighted by atomic mass is 79.9. The SMILES string of the molecule is Cc1nn(-c2ccc(Br)cc2)nc1C(=O)N1CCN(C)CC1. The summed E-state index contributed by atoms with van der Waals surface area (Å²) in [6.07, 6.45) is 0. The summed E-state index contributed by atoms with van der Waals surface area (Å²) in [7, 11) is 2.07. The summed E-state index contributed by atoms with van der Waals surface area (Å²) in [5.74, 6) is -0.0334. The fraction of sp³-hybridized carbons (Fsp3) is 0.400. The number of halogens is 1. The van der Waals surface area contributed by atoms with Gasteiger partial charge in [0.1, 0.15) is 0 Å². The summed E-state index contributed by atoms with van der Waals surface area (Å²) >= 11 is 3.40. The molecule has 1 fully saturated rings. The van der Waals surface area contributed by atoms with Crippen LogP contribution in [0.1, 0.15) is 16.2 Å². The van der Waals surface area contributed by atoms with Gasteiger partial charge < -0.3 is 9.80 Å². The van der Waals surface area contributed by atoms with Gasteiger partial charge in [0.15, 0.2) is 5.69 Å². The Kier molecular flexibility index (Phi) is 4.26. The summed E-state index contributed by atoms with van der Waals surface area (Å²) < 4.78 is 0.994. The first-order valence-corrected chi connectivity index (χ1v) is 8.01. The maximum absolute atomic E-state index is 12.6.